The van der Waals surface area contributed by atoms with Crippen molar-refractivity contribution in [2.45, 2.75) is 23.2 Å². The van der Waals surface area contributed by atoms with Crippen molar-refractivity contribution in [1.29, 1.82) is 5.26 Å². The third kappa shape index (κ3) is 5.88. The summed E-state index contributed by atoms with van der Waals surface area (Å²) in [6, 6.07) is 5.06. The molecule has 1 atom stereocenters. The number of urea groups is 2. The van der Waals surface area contributed by atoms with E-state index in [1.165, 1.54) is 31.2 Å². The van der Waals surface area contributed by atoms with Crippen LogP contribution in [0.25, 0.3) is 0 Å². The number of hydrogen-bond acceptors (Lipinski definition) is 4. The normalized spacial score (nSPS) is 12.0. The van der Waals surface area contributed by atoms with Gasteiger partial charge in [-0.3, -0.25) is 0 Å². The number of benzene rings is 2. The number of nitrogens with one attached hydrogen (secondary N) is 2. The smallest absolute Gasteiger partial charge is 0.351 e. The molecule has 2 aromatic carbocycles. The Kier molecular flexibility index (Phi) is 7.54. The number of amides is 4. The highest BCUT2D eigenvalue weighted by molar-refractivity contribution is 8.00. The van der Waals surface area contributed by atoms with E-state index < -0.39 is 23.5 Å². The summed E-state index contributed by atoms with van der Waals surface area (Å²) in [4.78, 5) is 22.7. The Bertz CT molecular complexity index is 1030. The third-order valence-corrected chi connectivity index (χ3v) is 5.55. The number of carbonyl (C=O) groups excluding carboxylic acids is 2. The highest BCUT2D eigenvalue weighted by atomic mass is 35.5. The summed E-state index contributed by atoms with van der Waals surface area (Å²) in [5, 5.41) is 14.1. The van der Waals surface area contributed by atoms with Crippen molar-refractivity contribution < 1.29 is 22.8 Å². The molecule has 0 radical (unpaired) electrons. The quantitative estimate of drug-likeness (QED) is 0.407. The molecule has 0 aliphatic carbocycles. The molecule has 0 aromatic heterocycles. The molecular formula is C18H14Cl2F3N5O2S. The minimum Gasteiger partial charge on any atom is -0.351 e. The molecule has 6 N–H and O–H groups in total. The first-order valence-electron chi connectivity index (χ1n) is 8.25. The monoisotopic (exact) mass is 491 g/mol. The predicted octanol–water partition coefficient (Wildman–Crippen LogP) is 5.55. The molecule has 0 saturated carbocycles. The van der Waals surface area contributed by atoms with E-state index in [0.717, 1.165) is 0 Å². The van der Waals surface area contributed by atoms with E-state index in [0.29, 0.717) is 0 Å². The van der Waals surface area contributed by atoms with Crippen molar-refractivity contribution in [2.24, 2.45) is 11.5 Å². The fourth-order valence-electron chi connectivity index (χ4n) is 2.78. The summed E-state index contributed by atoms with van der Waals surface area (Å²) in [6.07, 6.45) is 0. The fraction of sp³-hybridized carbons (Fsp3) is 0.167. The number of alkyl halides is 3. The van der Waals surface area contributed by atoms with Gasteiger partial charge in [0.1, 0.15) is 0 Å². The van der Waals surface area contributed by atoms with Crippen LogP contribution in [-0.2, 0) is 0 Å². The number of halogens is 5. The maximum Gasteiger partial charge on any atom is 0.446 e. The molecule has 0 heterocycles. The van der Waals surface area contributed by atoms with Gasteiger partial charge in [-0.2, -0.15) is 18.4 Å². The lowest BCUT2D eigenvalue weighted by atomic mass is 9.90. The van der Waals surface area contributed by atoms with Crippen molar-refractivity contribution in [3.63, 3.8) is 0 Å². The number of nitrogens with zero attached hydrogens (tertiary/aromatic N) is 1. The Morgan fingerprint density at radius 2 is 1.52 bits per heavy atom. The first-order valence-corrected chi connectivity index (χ1v) is 9.82. The van der Waals surface area contributed by atoms with Gasteiger partial charge < -0.3 is 22.1 Å². The molecule has 164 valence electrons. The highest BCUT2D eigenvalue weighted by Gasteiger charge is 2.30. The molecule has 0 aliphatic rings. The van der Waals surface area contributed by atoms with E-state index in [1.807, 2.05) is 6.07 Å². The molecule has 0 saturated heterocycles. The van der Waals surface area contributed by atoms with Gasteiger partial charge in [0.2, 0.25) is 0 Å². The summed E-state index contributed by atoms with van der Waals surface area (Å²) in [6.45, 7) is 1.47. The first kappa shape index (κ1) is 24.5. The van der Waals surface area contributed by atoms with Crippen LogP contribution >= 0.6 is 35.0 Å². The van der Waals surface area contributed by atoms with Crippen LogP contribution in [-0.4, -0.2) is 17.6 Å². The minimum absolute atomic E-state index is 0.000146. The number of primary amides is 2. The predicted molar refractivity (Wildman–Crippen MR) is 113 cm³/mol. The Morgan fingerprint density at radius 3 is 1.87 bits per heavy atom. The van der Waals surface area contributed by atoms with Crippen LogP contribution in [0.5, 0.6) is 0 Å². The van der Waals surface area contributed by atoms with E-state index in [4.69, 9.17) is 34.7 Å². The second-order valence-electron chi connectivity index (χ2n) is 6.07. The number of nitriles is 1. The molecule has 31 heavy (non-hydrogen) atoms. The Balaban J connectivity index is 2.67. The van der Waals surface area contributed by atoms with Crippen molar-refractivity contribution >= 4 is 58.4 Å². The first-order chi connectivity index (χ1) is 14.4. The summed E-state index contributed by atoms with van der Waals surface area (Å²) in [7, 11) is 0. The number of anilines is 2. The van der Waals surface area contributed by atoms with Gasteiger partial charge in [0.05, 0.1) is 33.4 Å². The van der Waals surface area contributed by atoms with Crippen LogP contribution in [0.3, 0.4) is 0 Å². The zero-order valence-electron chi connectivity index (χ0n) is 15.6. The minimum atomic E-state index is -4.47. The molecule has 7 nitrogen and oxygen atoms in total. The molecule has 13 heteroatoms. The lowest BCUT2D eigenvalue weighted by Gasteiger charge is -2.22. The second kappa shape index (κ2) is 9.55. The van der Waals surface area contributed by atoms with Gasteiger partial charge in [0, 0.05) is 10.5 Å². The number of thioether (sulfide) groups is 1. The van der Waals surface area contributed by atoms with Gasteiger partial charge >= 0.3 is 17.6 Å². The lowest BCUT2D eigenvalue weighted by Crippen LogP contribution is -2.23. The summed E-state index contributed by atoms with van der Waals surface area (Å²) >= 11 is 12.5. The molecule has 0 aliphatic heterocycles. The fourth-order valence-corrected chi connectivity index (χ4v) is 4.16. The van der Waals surface area contributed by atoms with Gasteiger partial charge in [0.25, 0.3) is 0 Å². The number of carbonyl (C=O) groups is 2. The summed E-state index contributed by atoms with van der Waals surface area (Å²) in [5.41, 5.74) is 6.36. The Hall–Kier alpha value is -2.81. The van der Waals surface area contributed by atoms with E-state index in [9.17, 15) is 28.0 Å². The van der Waals surface area contributed by atoms with Crippen molar-refractivity contribution in [3.8, 4) is 6.07 Å². The van der Waals surface area contributed by atoms with Crippen LogP contribution in [0.4, 0.5) is 34.1 Å². The zero-order chi connectivity index (χ0) is 23.5. The molecule has 2 rings (SSSR count). The van der Waals surface area contributed by atoms with Crippen LogP contribution in [0, 0.1) is 18.3 Å². The lowest BCUT2D eigenvalue weighted by molar-refractivity contribution is -0.0328. The van der Waals surface area contributed by atoms with Crippen LogP contribution < -0.4 is 22.1 Å². The van der Waals surface area contributed by atoms with Crippen LogP contribution in [0.1, 0.15) is 22.6 Å². The summed E-state index contributed by atoms with van der Waals surface area (Å²) < 4.78 is 37.7. The molecule has 2 aromatic rings. The standard InChI is InChI=1S/C18H14Cl2F3N5O2S/c1-7-14(27-16(25)29)12(19)11(13(20)15(7)28-17(26)30)10(6-24)8-2-4-9(5-3-8)31-18(21,22)23/h2-5,10H,1H3,(H3,25,27,29)(H3,26,28,30). The average Bonchev–Trinajstić information content (AvgIpc) is 2.65. The SMILES string of the molecule is Cc1c(NC(N)=O)c(Cl)c(C(C#N)c2ccc(SC(F)(F)F)cc2)c(Cl)c1NC(N)=O. The van der Waals surface area contributed by atoms with E-state index in [1.54, 1.807) is 0 Å². The largest absolute Gasteiger partial charge is 0.446 e. The second-order valence-corrected chi connectivity index (χ2v) is 7.97. The maximum atomic E-state index is 12.6. The van der Waals surface area contributed by atoms with Crippen molar-refractivity contribution in [1.82, 2.24) is 0 Å². The Morgan fingerprint density at radius 1 is 1.06 bits per heavy atom. The molecule has 0 spiro atoms. The number of hydrogen-bond donors (Lipinski definition) is 4. The Labute approximate surface area is 188 Å². The maximum absolute atomic E-state index is 12.6. The van der Waals surface area contributed by atoms with E-state index in [-0.39, 0.29) is 54.8 Å². The molecule has 4 amide bonds. The van der Waals surface area contributed by atoms with E-state index in [2.05, 4.69) is 10.6 Å². The van der Waals surface area contributed by atoms with Crippen molar-refractivity contribution in [3.05, 3.63) is 51.0 Å². The van der Waals surface area contributed by atoms with Gasteiger partial charge in [0.15, 0.2) is 0 Å². The zero-order valence-corrected chi connectivity index (χ0v) is 17.9. The molecule has 1 unspecified atom stereocenters. The average molecular weight is 492 g/mol. The molecular weight excluding hydrogens is 478 g/mol. The van der Waals surface area contributed by atoms with Crippen LogP contribution in [0.2, 0.25) is 10.0 Å². The van der Waals surface area contributed by atoms with Crippen molar-refractivity contribution in [2.75, 3.05) is 10.6 Å². The highest BCUT2D eigenvalue weighted by Crippen LogP contribution is 2.46. The van der Waals surface area contributed by atoms with Gasteiger partial charge in [-0.15, -0.1) is 0 Å². The van der Waals surface area contributed by atoms with Gasteiger partial charge in [-0.25, -0.2) is 9.59 Å². The topological polar surface area (TPSA) is 134 Å². The molecule has 0 bridgehead atoms. The molecule has 0 fully saturated rings. The number of nitrogens with two attached hydrogens (primary N) is 2. The van der Waals surface area contributed by atoms with Gasteiger partial charge in [-0.05, 0) is 41.9 Å². The van der Waals surface area contributed by atoms with Crippen LogP contribution in [0.15, 0.2) is 29.2 Å². The van der Waals surface area contributed by atoms with E-state index >= 15 is 0 Å². The third-order valence-electron chi connectivity index (χ3n) is 4.02. The van der Waals surface area contributed by atoms with Gasteiger partial charge in [-0.1, -0.05) is 35.3 Å². The summed E-state index contributed by atoms with van der Waals surface area (Å²) in [5.74, 6) is -1.16. The number of rotatable bonds is 5.